The molecule has 0 saturated carbocycles. The Balaban J connectivity index is 0.000000576. The molecule has 0 spiro atoms. The predicted octanol–water partition coefficient (Wildman–Crippen LogP) is 3.00. The van der Waals surface area contributed by atoms with Gasteiger partial charge in [0.1, 0.15) is 17.7 Å². The van der Waals surface area contributed by atoms with Crippen molar-refractivity contribution in [2.45, 2.75) is 64.1 Å². The van der Waals surface area contributed by atoms with Crippen LogP contribution in [0.25, 0.3) is 0 Å². The van der Waals surface area contributed by atoms with Crippen LogP contribution in [0.3, 0.4) is 0 Å². The van der Waals surface area contributed by atoms with Crippen LogP contribution in [-0.2, 0) is 14.3 Å². The summed E-state index contributed by atoms with van der Waals surface area (Å²) < 4.78 is 5.19. The SMILES string of the molecule is C=C(CCl)CC[C@H](N)C(=O)O.C=C1CC[C@@H](C(=O)O)N(C(=O)OC(C)(C)C)C1. The maximum atomic E-state index is 11.9. The summed E-state index contributed by atoms with van der Waals surface area (Å²) >= 11 is 5.43. The lowest BCUT2D eigenvalue weighted by atomic mass is 9.99. The lowest BCUT2D eigenvalue weighted by molar-refractivity contribution is -0.143. The summed E-state index contributed by atoms with van der Waals surface area (Å²) in [5, 5.41) is 17.4. The topological polar surface area (TPSA) is 130 Å². The number of carboxylic acids is 2. The van der Waals surface area contributed by atoms with Crippen LogP contribution in [0.5, 0.6) is 0 Å². The fraction of sp³-hybridized carbons (Fsp3) is 0.632. The van der Waals surface area contributed by atoms with Gasteiger partial charge in [-0.1, -0.05) is 24.3 Å². The molecule has 0 radical (unpaired) electrons. The van der Waals surface area contributed by atoms with E-state index in [9.17, 15) is 14.4 Å². The van der Waals surface area contributed by atoms with Crippen molar-refractivity contribution in [2.24, 2.45) is 5.73 Å². The summed E-state index contributed by atoms with van der Waals surface area (Å²) in [5.74, 6) is -1.61. The molecule has 0 bridgehead atoms. The summed E-state index contributed by atoms with van der Waals surface area (Å²) in [6, 6.07) is -1.61. The van der Waals surface area contributed by atoms with Gasteiger partial charge in [0.15, 0.2) is 0 Å². The minimum Gasteiger partial charge on any atom is -0.480 e. The van der Waals surface area contributed by atoms with Gasteiger partial charge in [0, 0.05) is 12.4 Å². The lowest BCUT2D eigenvalue weighted by Gasteiger charge is -2.35. The highest BCUT2D eigenvalue weighted by molar-refractivity contribution is 6.19. The van der Waals surface area contributed by atoms with Crippen molar-refractivity contribution < 1.29 is 29.3 Å². The molecule has 28 heavy (non-hydrogen) atoms. The maximum Gasteiger partial charge on any atom is 0.411 e. The highest BCUT2D eigenvalue weighted by Crippen LogP contribution is 2.23. The van der Waals surface area contributed by atoms with Gasteiger partial charge in [-0.25, -0.2) is 9.59 Å². The Bertz CT molecular complexity index is 600. The van der Waals surface area contributed by atoms with Gasteiger partial charge in [0.2, 0.25) is 0 Å². The van der Waals surface area contributed by atoms with Crippen LogP contribution in [0.4, 0.5) is 4.79 Å². The summed E-state index contributed by atoms with van der Waals surface area (Å²) in [5.41, 5.74) is 6.29. The number of carbonyl (C=O) groups is 3. The van der Waals surface area contributed by atoms with E-state index in [0.717, 1.165) is 11.1 Å². The average Bonchev–Trinajstić information content (AvgIpc) is 2.57. The summed E-state index contributed by atoms with van der Waals surface area (Å²) in [6.07, 6.45) is 1.42. The zero-order valence-corrected chi connectivity index (χ0v) is 17.5. The Labute approximate surface area is 171 Å². The third-order valence-electron chi connectivity index (χ3n) is 3.77. The molecule has 1 aliphatic rings. The van der Waals surface area contributed by atoms with Crippen LogP contribution in [0.2, 0.25) is 0 Å². The van der Waals surface area contributed by atoms with Gasteiger partial charge in [0.25, 0.3) is 0 Å². The number of ether oxygens (including phenoxy) is 1. The van der Waals surface area contributed by atoms with Gasteiger partial charge in [-0.2, -0.15) is 0 Å². The summed E-state index contributed by atoms with van der Waals surface area (Å²) in [4.78, 5) is 34.4. The van der Waals surface area contributed by atoms with Gasteiger partial charge in [0.05, 0.1) is 0 Å². The highest BCUT2D eigenvalue weighted by atomic mass is 35.5. The van der Waals surface area contributed by atoms with Crippen molar-refractivity contribution in [1.82, 2.24) is 4.90 Å². The fourth-order valence-corrected chi connectivity index (χ4v) is 2.38. The number of carboxylic acid groups (broad SMARTS) is 2. The molecule has 9 heteroatoms. The van der Waals surface area contributed by atoms with Crippen LogP contribution in [0.15, 0.2) is 24.3 Å². The van der Waals surface area contributed by atoms with E-state index in [0.29, 0.717) is 31.6 Å². The number of nitrogens with two attached hydrogens (primary N) is 1. The van der Waals surface area contributed by atoms with Crippen LogP contribution >= 0.6 is 11.6 Å². The van der Waals surface area contributed by atoms with E-state index in [1.807, 2.05) is 0 Å². The molecule has 1 heterocycles. The number of rotatable bonds is 6. The second-order valence-electron chi connectivity index (χ2n) is 7.62. The number of hydrogen-bond donors (Lipinski definition) is 3. The number of aliphatic carboxylic acids is 2. The first-order chi connectivity index (χ1) is 12.8. The highest BCUT2D eigenvalue weighted by Gasteiger charge is 2.35. The first-order valence-electron chi connectivity index (χ1n) is 8.88. The molecule has 0 aliphatic carbocycles. The molecule has 8 nitrogen and oxygen atoms in total. The largest absolute Gasteiger partial charge is 0.480 e. The lowest BCUT2D eigenvalue weighted by Crippen LogP contribution is -2.50. The Morgan fingerprint density at radius 3 is 2.36 bits per heavy atom. The van der Waals surface area contributed by atoms with Gasteiger partial charge in [-0.15, -0.1) is 11.6 Å². The Hall–Kier alpha value is -2.06. The molecule has 0 aromatic heterocycles. The number of alkyl halides is 1. The third-order valence-corrected chi connectivity index (χ3v) is 4.15. The third kappa shape index (κ3) is 10.3. The molecule has 0 aromatic carbocycles. The number of hydrogen-bond acceptors (Lipinski definition) is 5. The fourth-order valence-electron chi connectivity index (χ4n) is 2.25. The minimum absolute atomic E-state index is 0.256. The molecule has 1 saturated heterocycles. The normalized spacial score (nSPS) is 17.8. The molecule has 2 atom stereocenters. The Morgan fingerprint density at radius 1 is 1.36 bits per heavy atom. The molecule has 0 aromatic rings. The van der Waals surface area contributed by atoms with Crippen LogP contribution in [0.1, 0.15) is 46.5 Å². The van der Waals surface area contributed by atoms with Gasteiger partial charge in [-0.05, 0) is 46.5 Å². The van der Waals surface area contributed by atoms with Crippen molar-refractivity contribution in [3.63, 3.8) is 0 Å². The number of piperidine rings is 1. The van der Waals surface area contributed by atoms with E-state index in [2.05, 4.69) is 13.2 Å². The van der Waals surface area contributed by atoms with Crippen molar-refractivity contribution in [3.05, 3.63) is 24.3 Å². The Kier molecular flexibility index (Phi) is 10.8. The number of amides is 1. The molecule has 4 N–H and O–H groups in total. The second kappa shape index (κ2) is 11.7. The van der Waals surface area contributed by atoms with Crippen molar-refractivity contribution in [1.29, 1.82) is 0 Å². The molecular formula is C19H31ClN2O6. The van der Waals surface area contributed by atoms with Crippen LogP contribution < -0.4 is 5.73 Å². The number of allylic oxidation sites excluding steroid dienone is 1. The van der Waals surface area contributed by atoms with E-state index in [-0.39, 0.29) is 6.54 Å². The van der Waals surface area contributed by atoms with Gasteiger partial charge < -0.3 is 20.7 Å². The standard InChI is InChI=1S/C12H19NO4.C7H12ClNO2/c1-8-5-6-9(10(14)15)13(7-8)11(16)17-12(2,3)4;1-5(4-8)2-3-6(9)7(10)11/h9H,1,5-7H2,2-4H3,(H,14,15);6H,1-4,9H2,(H,10,11)/t9-;6-/m00/s1. The average molecular weight is 419 g/mol. The van der Waals surface area contributed by atoms with E-state index in [1.54, 1.807) is 20.8 Å². The smallest absolute Gasteiger partial charge is 0.411 e. The van der Waals surface area contributed by atoms with Gasteiger partial charge >= 0.3 is 18.0 Å². The molecule has 1 aliphatic heterocycles. The number of likely N-dealkylation sites (tertiary alicyclic amines) is 1. The number of halogens is 1. The monoisotopic (exact) mass is 418 g/mol. The summed E-state index contributed by atoms with van der Waals surface area (Å²) in [7, 11) is 0. The summed E-state index contributed by atoms with van der Waals surface area (Å²) in [6.45, 7) is 12.9. The van der Waals surface area contributed by atoms with E-state index in [4.69, 9.17) is 32.3 Å². The van der Waals surface area contributed by atoms with Gasteiger partial charge in [-0.3, -0.25) is 9.69 Å². The molecule has 1 amide bonds. The van der Waals surface area contributed by atoms with Crippen molar-refractivity contribution in [3.8, 4) is 0 Å². The zero-order valence-electron chi connectivity index (χ0n) is 16.7. The molecule has 0 unspecified atom stereocenters. The quantitative estimate of drug-likeness (QED) is 0.446. The minimum atomic E-state index is -0.997. The van der Waals surface area contributed by atoms with E-state index in [1.165, 1.54) is 4.90 Å². The Morgan fingerprint density at radius 2 is 1.93 bits per heavy atom. The van der Waals surface area contributed by atoms with E-state index < -0.39 is 35.7 Å². The second-order valence-corrected chi connectivity index (χ2v) is 7.89. The van der Waals surface area contributed by atoms with Crippen molar-refractivity contribution >= 4 is 29.6 Å². The van der Waals surface area contributed by atoms with Crippen molar-refractivity contribution in [2.75, 3.05) is 12.4 Å². The first kappa shape index (κ1) is 25.9. The number of carbonyl (C=O) groups excluding carboxylic acids is 1. The molecule has 1 fully saturated rings. The van der Waals surface area contributed by atoms with Crippen LogP contribution in [0, 0.1) is 0 Å². The first-order valence-corrected chi connectivity index (χ1v) is 9.42. The molecule has 1 rings (SSSR count). The molecule has 160 valence electrons. The number of nitrogens with zero attached hydrogens (tertiary/aromatic N) is 1. The predicted molar refractivity (Wildman–Crippen MR) is 107 cm³/mol. The van der Waals surface area contributed by atoms with E-state index >= 15 is 0 Å². The maximum absolute atomic E-state index is 11.9. The molecular weight excluding hydrogens is 388 g/mol. The zero-order chi connectivity index (χ0) is 22.1. The van der Waals surface area contributed by atoms with Crippen LogP contribution in [-0.4, -0.2) is 63.3 Å².